The first kappa shape index (κ1) is 11.2. The van der Waals surface area contributed by atoms with Gasteiger partial charge in [0.05, 0.1) is 5.38 Å². The summed E-state index contributed by atoms with van der Waals surface area (Å²) >= 11 is 6.35. The van der Waals surface area contributed by atoms with Crippen molar-refractivity contribution >= 4 is 11.6 Å². The molecule has 2 aromatic carbocycles. The van der Waals surface area contributed by atoms with Gasteiger partial charge in [0.2, 0.25) is 0 Å². The normalized spacial score (nSPS) is 12.4. The van der Waals surface area contributed by atoms with E-state index >= 15 is 0 Å². The summed E-state index contributed by atoms with van der Waals surface area (Å²) in [4.78, 5) is 0. The summed E-state index contributed by atoms with van der Waals surface area (Å²) in [7, 11) is 0. The molecular weight excluding hydrogens is 216 g/mol. The molecule has 0 saturated carbocycles. The Hall–Kier alpha value is -1.27. The third-order valence-corrected chi connectivity index (χ3v) is 3.29. The maximum absolute atomic E-state index is 6.35. The molecule has 1 atom stereocenters. The second-order valence-electron chi connectivity index (χ2n) is 3.83. The van der Waals surface area contributed by atoms with Crippen molar-refractivity contribution in [2.45, 2.75) is 18.7 Å². The lowest BCUT2D eigenvalue weighted by Gasteiger charge is -2.13. The van der Waals surface area contributed by atoms with E-state index in [1.54, 1.807) is 0 Å². The van der Waals surface area contributed by atoms with Crippen LogP contribution in [0.4, 0.5) is 0 Å². The molecule has 82 valence electrons. The lowest BCUT2D eigenvalue weighted by atomic mass is 9.97. The summed E-state index contributed by atoms with van der Waals surface area (Å²) in [6, 6.07) is 18.8. The Balaban J connectivity index is 2.49. The predicted octanol–water partition coefficient (Wildman–Crippen LogP) is 5.04. The molecule has 1 heteroatoms. The molecule has 0 aromatic heterocycles. The molecule has 0 radical (unpaired) electrons. The molecule has 0 fully saturated rings. The van der Waals surface area contributed by atoms with Crippen molar-refractivity contribution in [1.82, 2.24) is 0 Å². The largest absolute Gasteiger partial charge is 0.118 e. The zero-order valence-electron chi connectivity index (χ0n) is 9.36. The fourth-order valence-electron chi connectivity index (χ4n) is 1.87. The van der Waals surface area contributed by atoms with E-state index in [-0.39, 0.29) is 5.38 Å². The van der Waals surface area contributed by atoms with Crippen LogP contribution < -0.4 is 0 Å². The van der Waals surface area contributed by atoms with Crippen LogP contribution in [0.25, 0.3) is 11.1 Å². The first-order valence-corrected chi connectivity index (χ1v) is 6.05. The second kappa shape index (κ2) is 5.18. The van der Waals surface area contributed by atoms with Crippen LogP contribution in [0.5, 0.6) is 0 Å². The number of halogens is 1. The maximum atomic E-state index is 6.35. The van der Waals surface area contributed by atoms with Crippen molar-refractivity contribution < 1.29 is 0 Å². The number of hydrogen-bond acceptors (Lipinski definition) is 0. The van der Waals surface area contributed by atoms with Gasteiger partial charge in [-0.15, -0.1) is 11.6 Å². The highest BCUT2D eigenvalue weighted by atomic mass is 35.5. The summed E-state index contributed by atoms with van der Waals surface area (Å²) in [5.74, 6) is 0. The number of rotatable bonds is 3. The zero-order chi connectivity index (χ0) is 11.4. The molecule has 0 N–H and O–H groups in total. The summed E-state index contributed by atoms with van der Waals surface area (Å²) in [6.45, 7) is 2.11. The fourth-order valence-corrected chi connectivity index (χ4v) is 2.06. The molecule has 2 rings (SSSR count). The van der Waals surface area contributed by atoms with Crippen LogP contribution in [0.3, 0.4) is 0 Å². The standard InChI is InChI=1S/C15H15Cl/c1-2-15(16)14-11-7-6-10-13(14)12-8-4-3-5-9-12/h3-11,15H,2H2,1H3. The molecule has 0 aliphatic rings. The van der Waals surface area contributed by atoms with Gasteiger partial charge in [-0.2, -0.15) is 0 Å². The van der Waals surface area contributed by atoms with Gasteiger partial charge in [0, 0.05) is 0 Å². The Morgan fingerprint density at radius 3 is 2.25 bits per heavy atom. The van der Waals surface area contributed by atoms with E-state index in [4.69, 9.17) is 11.6 Å². The summed E-state index contributed by atoms with van der Waals surface area (Å²) in [5, 5.41) is 0.0939. The molecule has 0 aliphatic carbocycles. The Labute approximate surface area is 102 Å². The SMILES string of the molecule is CCC(Cl)c1ccccc1-c1ccccc1. The molecule has 0 bridgehead atoms. The van der Waals surface area contributed by atoms with Gasteiger partial charge in [0.15, 0.2) is 0 Å². The Morgan fingerprint density at radius 2 is 1.56 bits per heavy atom. The highest BCUT2D eigenvalue weighted by molar-refractivity contribution is 6.21. The van der Waals surface area contributed by atoms with Crippen LogP contribution in [-0.2, 0) is 0 Å². The minimum atomic E-state index is 0.0939. The quantitative estimate of drug-likeness (QED) is 0.648. The van der Waals surface area contributed by atoms with E-state index in [2.05, 4.69) is 49.4 Å². The first-order chi connectivity index (χ1) is 7.83. The number of hydrogen-bond donors (Lipinski definition) is 0. The van der Waals surface area contributed by atoms with Crippen molar-refractivity contribution in [3.05, 3.63) is 60.2 Å². The van der Waals surface area contributed by atoms with Gasteiger partial charge in [-0.05, 0) is 23.1 Å². The Morgan fingerprint density at radius 1 is 0.938 bits per heavy atom. The lowest BCUT2D eigenvalue weighted by Crippen LogP contribution is -1.92. The van der Waals surface area contributed by atoms with E-state index < -0.39 is 0 Å². The minimum absolute atomic E-state index is 0.0939. The van der Waals surface area contributed by atoms with Crippen molar-refractivity contribution in [3.8, 4) is 11.1 Å². The fraction of sp³-hybridized carbons (Fsp3) is 0.200. The van der Waals surface area contributed by atoms with Gasteiger partial charge in [0.1, 0.15) is 0 Å². The third-order valence-electron chi connectivity index (χ3n) is 2.74. The van der Waals surface area contributed by atoms with Crippen LogP contribution in [-0.4, -0.2) is 0 Å². The molecule has 0 saturated heterocycles. The molecule has 0 heterocycles. The highest BCUT2D eigenvalue weighted by Gasteiger charge is 2.10. The molecule has 16 heavy (non-hydrogen) atoms. The monoisotopic (exact) mass is 230 g/mol. The van der Waals surface area contributed by atoms with Crippen molar-refractivity contribution in [1.29, 1.82) is 0 Å². The van der Waals surface area contributed by atoms with Gasteiger partial charge in [-0.25, -0.2) is 0 Å². The summed E-state index contributed by atoms with van der Waals surface area (Å²) in [6.07, 6.45) is 0.950. The smallest absolute Gasteiger partial charge is 0.0588 e. The Kier molecular flexibility index (Phi) is 3.63. The molecule has 1 unspecified atom stereocenters. The van der Waals surface area contributed by atoms with E-state index in [9.17, 15) is 0 Å². The summed E-state index contributed by atoms with van der Waals surface area (Å²) < 4.78 is 0. The van der Waals surface area contributed by atoms with Crippen LogP contribution in [0.1, 0.15) is 24.3 Å². The van der Waals surface area contributed by atoms with E-state index in [1.165, 1.54) is 16.7 Å². The average molecular weight is 231 g/mol. The van der Waals surface area contributed by atoms with Gasteiger partial charge in [0.25, 0.3) is 0 Å². The number of alkyl halides is 1. The van der Waals surface area contributed by atoms with Gasteiger partial charge in [-0.3, -0.25) is 0 Å². The molecule has 2 aromatic rings. The first-order valence-electron chi connectivity index (χ1n) is 5.61. The highest BCUT2D eigenvalue weighted by Crippen LogP contribution is 2.33. The van der Waals surface area contributed by atoms with Gasteiger partial charge in [-0.1, -0.05) is 61.5 Å². The average Bonchev–Trinajstić information content (AvgIpc) is 2.39. The molecule has 0 nitrogen and oxygen atoms in total. The van der Waals surface area contributed by atoms with Gasteiger partial charge < -0.3 is 0 Å². The van der Waals surface area contributed by atoms with Crippen LogP contribution in [0.15, 0.2) is 54.6 Å². The van der Waals surface area contributed by atoms with Gasteiger partial charge >= 0.3 is 0 Å². The van der Waals surface area contributed by atoms with E-state index in [0.29, 0.717) is 0 Å². The Bertz CT molecular complexity index is 448. The molecule has 0 spiro atoms. The van der Waals surface area contributed by atoms with E-state index in [0.717, 1.165) is 6.42 Å². The van der Waals surface area contributed by atoms with Crippen molar-refractivity contribution in [2.75, 3.05) is 0 Å². The number of benzene rings is 2. The summed E-state index contributed by atoms with van der Waals surface area (Å²) in [5.41, 5.74) is 3.69. The molecule has 0 amide bonds. The lowest BCUT2D eigenvalue weighted by molar-refractivity contribution is 0.886. The van der Waals surface area contributed by atoms with Crippen LogP contribution in [0, 0.1) is 0 Å². The van der Waals surface area contributed by atoms with Crippen molar-refractivity contribution in [2.24, 2.45) is 0 Å². The maximum Gasteiger partial charge on any atom is 0.0588 e. The van der Waals surface area contributed by atoms with Crippen LogP contribution in [0.2, 0.25) is 0 Å². The zero-order valence-corrected chi connectivity index (χ0v) is 10.1. The minimum Gasteiger partial charge on any atom is -0.118 e. The predicted molar refractivity (Wildman–Crippen MR) is 70.8 cm³/mol. The topological polar surface area (TPSA) is 0 Å². The van der Waals surface area contributed by atoms with E-state index in [1.807, 2.05) is 12.1 Å². The second-order valence-corrected chi connectivity index (χ2v) is 4.36. The third kappa shape index (κ3) is 2.28. The van der Waals surface area contributed by atoms with Crippen molar-refractivity contribution in [3.63, 3.8) is 0 Å². The molecule has 0 aliphatic heterocycles. The van der Waals surface area contributed by atoms with Crippen LogP contribution >= 0.6 is 11.6 Å². The molecular formula is C15H15Cl.